The van der Waals surface area contributed by atoms with E-state index in [1.54, 1.807) is 12.1 Å². The Kier molecular flexibility index (Phi) is 3.12. The first-order valence-electron chi connectivity index (χ1n) is 6.08. The summed E-state index contributed by atoms with van der Waals surface area (Å²) in [6.45, 7) is 0.594. The average molecular weight is 275 g/mol. The highest BCUT2D eigenvalue weighted by Gasteiger charge is 2.17. The van der Waals surface area contributed by atoms with Gasteiger partial charge in [-0.15, -0.1) is 0 Å². The van der Waals surface area contributed by atoms with Gasteiger partial charge in [-0.25, -0.2) is 0 Å². The summed E-state index contributed by atoms with van der Waals surface area (Å²) < 4.78 is 10.2. The number of nitrogens with zero attached hydrogens (tertiary/aromatic N) is 2. The van der Waals surface area contributed by atoms with Crippen LogP contribution in [0, 0.1) is 0 Å². The summed E-state index contributed by atoms with van der Waals surface area (Å²) in [5.74, 6) is 0.939. The summed E-state index contributed by atoms with van der Waals surface area (Å²) in [4.78, 5) is 15.2. The zero-order valence-corrected chi connectivity index (χ0v) is 10.5. The Labute approximate surface area is 114 Å². The number of nitrogens with one attached hydrogen (secondary N) is 2. The SMILES string of the molecule is Nc1cc2c(cc1NCCc1ncno1)NC(=O)CO2. The van der Waals surface area contributed by atoms with Crippen LogP contribution in [0.3, 0.4) is 0 Å². The van der Waals surface area contributed by atoms with Gasteiger partial charge in [0, 0.05) is 19.0 Å². The van der Waals surface area contributed by atoms with Gasteiger partial charge in [-0.3, -0.25) is 4.79 Å². The third-order valence-electron chi connectivity index (χ3n) is 2.85. The maximum Gasteiger partial charge on any atom is 0.262 e. The van der Waals surface area contributed by atoms with Gasteiger partial charge < -0.3 is 25.6 Å². The number of hydrogen-bond acceptors (Lipinski definition) is 7. The molecular weight excluding hydrogens is 262 g/mol. The van der Waals surface area contributed by atoms with E-state index in [1.807, 2.05) is 0 Å². The highest BCUT2D eigenvalue weighted by Crippen LogP contribution is 2.35. The zero-order chi connectivity index (χ0) is 13.9. The van der Waals surface area contributed by atoms with Crippen molar-refractivity contribution in [2.24, 2.45) is 0 Å². The number of ether oxygens (including phenoxy) is 1. The van der Waals surface area contributed by atoms with E-state index in [4.69, 9.17) is 15.0 Å². The van der Waals surface area contributed by atoms with Gasteiger partial charge in [0.05, 0.1) is 17.1 Å². The van der Waals surface area contributed by atoms with Gasteiger partial charge in [0.2, 0.25) is 5.89 Å². The van der Waals surface area contributed by atoms with Crippen molar-refractivity contribution in [3.63, 3.8) is 0 Å². The molecule has 2 aromatic rings. The lowest BCUT2D eigenvalue weighted by molar-refractivity contribution is -0.118. The topological polar surface area (TPSA) is 115 Å². The third kappa shape index (κ3) is 2.48. The standard InChI is InChI=1S/C12H13N5O3/c13-7-3-10-9(17-11(18)5-19-10)4-8(7)14-2-1-12-15-6-16-20-12/h3-4,6,14H,1-2,5,13H2,(H,17,18). The predicted octanol–water partition coefficient (Wildman–Crippen LogP) is 0.637. The molecule has 104 valence electrons. The van der Waals surface area contributed by atoms with Crippen LogP contribution in [0.4, 0.5) is 17.1 Å². The van der Waals surface area contributed by atoms with Crippen LogP contribution in [0.1, 0.15) is 5.89 Å². The Morgan fingerprint density at radius 3 is 3.15 bits per heavy atom. The van der Waals surface area contributed by atoms with E-state index in [9.17, 15) is 4.79 Å². The molecule has 0 bridgehead atoms. The van der Waals surface area contributed by atoms with Crippen molar-refractivity contribution >= 4 is 23.0 Å². The van der Waals surface area contributed by atoms with E-state index in [0.717, 1.165) is 0 Å². The van der Waals surface area contributed by atoms with Gasteiger partial charge in [0.25, 0.3) is 5.91 Å². The van der Waals surface area contributed by atoms with Gasteiger partial charge >= 0.3 is 0 Å². The van der Waals surface area contributed by atoms with Gasteiger partial charge in [-0.2, -0.15) is 4.98 Å². The molecule has 0 unspecified atom stereocenters. The Hall–Kier alpha value is -2.77. The molecule has 8 heteroatoms. The second-order valence-corrected chi connectivity index (χ2v) is 4.28. The number of rotatable bonds is 4. The fourth-order valence-corrected chi connectivity index (χ4v) is 1.91. The second-order valence-electron chi connectivity index (χ2n) is 4.28. The number of carbonyl (C=O) groups is 1. The van der Waals surface area contributed by atoms with Crippen LogP contribution < -0.4 is 21.1 Å². The molecule has 0 saturated heterocycles. The molecule has 1 aromatic carbocycles. The molecule has 20 heavy (non-hydrogen) atoms. The van der Waals surface area contributed by atoms with Crippen LogP contribution in [-0.2, 0) is 11.2 Å². The zero-order valence-electron chi connectivity index (χ0n) is 10.5. The van der Waals surface area contributed by atoms with Crippen molar-refractivity contribution in [1.29, 1.82) is 0 Å². The van der Waals surface area contributed by atoms with Crippen LogP contribution in [0.2, 0.25) is 0 Å². The number of carbonyl (C=O) groups excluding carboxylic acids is 1. The van der Waals surface area contributed by atoms with Crippen LogP contribution in [-0.4, -0.2) is 29.2 Å². The van der Waals surface area contributed by atoms with Crippen LogP contribution >= 0.6 is 0 Å². The average Bonchev–Trinajstić information content (AvgIpc) is 2.93. The molecule has 0 fully saturated rings. The minimum absolute atomic E-state index is 0.0103. The molecule has 1 amide bonds. The van der Waals surface area contributed by atoms with Crippen LogP contribution in [0.25, 0.3) is 0 Å². The lowest BCUT2D eigenvalue weighted by atomic mass is 10.2. The molecule has 4 N–H and O–H groups in total. The quantitative estimate of drug-likeness (QED) is 0.701. The number of fused-ring (bicyclic) bond motifs is 1. The smallest absolute Gasteiger partial charge is 0.262 e. The van der Waals surface area contributed by atoms with Gasteiger partial charge in [-0.05, 0) is 6.07 Å². The van der Waals surface area contributed by atoms with E-state index in [0.29, 0.717) is 41.7 Å². The summed E-state index contributed by atoms with van der Waals surface area (Å²) >= 11 is 0. The largest absolute Gasteiger partial charge is 0.482 e. The molecule has 0 atom stereocenters. The summed E-state index contributed by atoms with van der Waals surface area (Å²) in [6, 6.07) is 3.43. The number of anilines is 3. The molecule has 0 spiro atoms. The van der Waals surface area contributed by atoms with Crippen molar-refractivity contribution in [3.8, 4) is 5.75 Å². The lowest BCUT2D eigenvalue weighted by Gasteiger charge is -2.20. The Balaban J connectivity index is 1.69. The third-order valence-corrected chi connectivity index (χ3v) is 2.85. The molecular formula is C12H13N5O3. The van der Waals surface area contributed by atoms with Gasteiger partial charge in [0.1, 0.15) is 5.75 Å². The van der Waals surface area contributed by atoms with Crippen LogP contribution in [0.15, 0.2) is 23.0 Å². The molecule has 3 rings (SSSR count). The summed E-state index contributed by atoms with van der Waals surface area (Å²) in [5.41, 5.74) is 7.80. The maximum atomic E-state index is 11.3. The lowest BCUT2D eigenvalue weighted by Crippen LogP contribution is -2.25. The van der Waals surface area contributed by atoms with E-state index >= 15 is 0 Å². The first-order valence-corrected chi connectivity index (χ1v) is 6.08. The number of hydrogen-bond donors (Lipinski definition) is 3. The van der Waals surface area contributed by atoms with E-state index in [1.165, 1.54) is 6.33 Å². The fourth-order valence-electron chi connectivity index (χ4n) is 1.91. The molecule has 1 aliphatic rings. The number of benzene rings is 1. The van der Waals surface area contributed by atoms with E-state index in [2.05, 4.69) is 20.8 Å². The van der Waals surface area contributed by atoms with Gasteiger partial charge in [-0.1, -0.05) is 5.16 Å². The maximum absolute atomic E-state index is 11.3. The first-order chi connectivity index (χ1) is 9.72. The Morgan fingerprint density at radius 1 is 1.45 bits per heavy atom. The molecule has 1 aromatic heterocycles. The number of amides is 1. The summed E-state index contributed by atoms with van der Waals surface area (Å²) in [6.07, 6.45) is 1.94. The number of aromatic nitrogens is 2. The highest BCUT2D eigenvalue weighted by molar-refractivity contribution is 5.97. The highest BCUT2D eigenvalue weighted by atomic mass is 16.5. The Morgan fingerprint density at radius 2 is 2.35 bits per heavy atom. The minimum Gasteiger partial charge on any atom is -0.482 e. The summed E-state index contributed by atoms with van der Waals surface area (Å²) in [5, 5.41) is 9.42. The molecule has 0 aliphatic carbocycles. The molecule has 8 nitrogen and oxygen atoms in total. The molecule has 2 heterocycles. The fraction of sp³-hybridized carbons (Fsp3) is 0.250. The van der Waals surface area contributed by atoms with Crippen LogP contribution in [0.5, 0.6) is 5.75 Å². The van der Waals surface area contributed by atoms with Crippen molar-refractivity contribution in [1.82, 2.24) is 10.1 Å². The monoisotopic (exact) mass is 275 g/mol. The van der Waals surface area contributed by atoms with Gasteiger partial charge in [0.15, 0.2) is 12.9 Å². The molecule has 0 radical (unpaired) electrons. The molecule has 0 saturated carbocycles. The van der Waals surface area contributed by atoms with E-state index in [-0.39, 0.29) is 12.5 Å². The first kappa shape index (κ1) is 12.3. The van der Waals surface area contributed by atoms with Crippen molar-refractivity contribution in [2.75, 3.05) is 29.5 Å². The predicted molar refractivity (Wildman–Crippen MR) is 71.5 cm³/mol. The number of nitrogen functional groups attached to an aromatic ring is 1. The minimum atomic E-state index is -0.181. The van der Waals surface area contributed by atoms with Crippen molar-refractivity contribution in [2.45, 2.75) is 6.42 Å². The van der Waals surface area contributed by atoms with E-state index < -0.39 is 0 Å². The second kappa shape index (κ2) is 5.08. The van der Waals surface area contributed by atoms with Crippen molar-refractivity contribution < 1.29 is 14.1 Å². The Bertz CT molecular complexity index is 626. The van der Waals surface area contributed by atoms with Crippen molar-refractivity contribution in [3.05, 3.63) is 24.4 Å². The number of nitrogens with two attached hydrogens (primary N) is 1. The normalized spacial score (nSPS) is 13.3. The summed E-state index contributed by atoms with van der Waals surface area (Å²) in [7, 11) is 0. The molecule has 1 aliphatic heterocycles.